The lowest BCUT2D eigenvalue weighted by Crippen LogP contribution is -2.31. The summed E-state index contributed by atoms with van der Waals surface area (Å²) in [6.07, 6.45) is 3.40. The SMILES string of the molecule is Cc1cc(C)c(NC(=O)c2cnc(C(C)NC(=O)Nc3ccc4[nH]ccc4c3)s2)c(C)c1. The van der Waals surface area contributed by atoms with Crippen molar-refractivity contribution in [3.05, 3.63) is 75.4 Å². The van der Waals surface area contributed by atoms with Crippen LogP contribution in [0.3, 0.4) is 0 Å². The minimum atomic E-state index is -0.347. The van der Waals surface area contributed by atoms with E-state index in [0.29, 0.717) is 15.6 Å². The van der Waals surface area contributed by atoms with E-state index in [4.69, 9.17) is 0 Å². The van der Waals surface area contributed by atoms with Crippen LogP contribution in [0.1, 0.15) is 44.3 Å². The Bertz CT molecular complexity index is 1280. The predicted octanol–water partition coefficient (Wildman–Crippen LogP) is 5.68. The molecule has 2 heterocycles. The molecule has 8 heteroatoms. The van der Waals surface area contributed by atoms with Crippen molar-refractivity contribution in [3.63, 3.8) is 0 Å². The first-order chi connectivity index (χ1) is 15.3. The number of hydrogen-bond acceptors (Lipinski definition) is 4. The van der Waals surface area contributed by atoms with Crippen molar-refractivity contribution in [3.8, 4) is 0 Å². The highest BCUT2D eigenvalue weighted by Gasteiger charge is 2.18. The van der Waals surface area contributed by atoms with Crippen LogP contribution in [0.5, 0.6) is 0 Å². The highest BCUT2D eigenvalue weighted by molar-refractivity contribution is 7.13. The molecule has 3 amide bonds. The number of anilines is 2. The summed E-state index contributed by atoms with van der Waals surface area (Å²) < 4.78 is 0. The van der Waals surface area contributed by atoms with Crippen LogP contribution in [0, 0.1) is 20.8 Å². The van der Waals surface area contributed by atoms with E-state index in [2.05, 4.69) is 25.9 Å². The van der Waals surface area contributed by atoms with Crippen molar-refractivity contribution in [1.29, 1.82) is 0 Å². The molecule has 0 spiro atoms. The number of H-pyrrole nitrogens is 1. The van der Waals surface area contributed by atoms with Gasteiger partial charge in [-0.15, -0.1) is 11.3 Å². The van der Waals surface area contributed by atoms with Crippen molar-refractivity contribution in [2.75, 3.05) is 10.6 Å². The molecule has 1 atom stereocenters. The van der Waals surface area contributed by atoms with E-state index in [1.165, 1.54) is 11.3 Å². The fourth-order valence-electron chi connectivity index (χ4n) is 3.70. The Morgan fingerprint density at radius 2 is 1.78 bits per heavy atom. The molecule has 0 fully saturated rings. The van der Waals surface area contributed by atoms with Crippen LogP contribution in [0.4, 0.5) is 16.2 Å². The van der Waals surface area contributed by atoms with E-state index in [1.54, 1.807) is 6.20 Å². The van der Waals surface area contributed by atoms with Gasteiger partial charge in [-0.1, -0.05) is 17.7 Å². The second kappa shape index (κ2) is 8.84. The van der Waals surface area contributed by atoms with E-state index in [0.717, 1.165) is 33.3 Å². The molecule has 2 aromatic heterocycles. The van der Waals surface area contributed by atoms with Crippen LogP contribution in [-0.2, 0) is 0 Å². The topological polar surface area (TPSA) is 98.9 Å². The maximum Gasteiger partial charge on any atom is 0.319 e. The molecule has 0 radical (unpaired) electrons. The van der Waals surface area contributed by atoms with E-state index in [9.17, 15) is 9.59 Å². The van der Waals surface area contributed by atoms with Crippen molar-refractivity contribution >= 4 is 45.6 Å². The van der Waals surface area contributed by atoms with Crippen molar-refractivity contribution in [1.82, 2.24) is 15.3 Å². The third-order valence-corrected chi connectivity index (χ3v) is 6.37. The maximum absolute atomic E-state index is 12.7. The Morgan fingerprint density at radius 3 is 2.53 bits per heavy atom. The predicted molar refractivity (Wildman–Crippen MR) is 130 cm³/mol. The fourth-order valence-corrected chi connectivity index (χ4v) is 4.52. The fraction of sp³-hybridized carbons (Fsp3) is 0.208. The Morgan fingerprint density at radius 1 is 1.03 bits per heavy atom. The molecule has 0 saturated carbocycles. The van der Waals surface area contributed by atoms with E-state index in [-0.39, 0.29) is 18.0 Å². The quantitative estimate of drug-likeness (QED) is 0.316. The van der Waals surface area contributed by atoms with Gasteiger partial charge in [0.2, 0.25) is 0 Å². The number of carbonyl (C=O) groups excluding carboxylic acids is 2. The van der Waals surface area contributed by atoms with E-state index >= 15 is 0 Å². The number of nitrogens with zero attached hydrogens (tertiary/aromatic N) is 1. The number of thiazole rings is 1. The normalized spacial score (nSPS) is 11.9. The van der Waals surface area contributed by atoms with Crippen molar-refractivity contribution < 1.29 is 9.59 Å². The molecule has 4 aromatic rings. The molecular formula is C24H25N5O2S. The van der Waals surface area contributed by atoms with Gasteiger partial charge in [0, 0.05) is 28.5 Å². The Labute approximate surface area is 190 Å². The number of aromatic nitrogens is 2. The summed E-state index contributed by atoms with van der Waals surface area (Å²) in [5, 5.41) is 10.4. The molecule has 1 unspecified atom stereocenters. The second-order valence-corrected chi connectivity index (χ2v) is 8.95. The van der Waals surface area contributed by atoms with Gasteiger partial charge in [0.1, 0.15) is 9.88 Å². The minimum absolute atomic E-state index is 0.208. The number of amides is 3. The molecule has 0 aliphatic carbocycles. The number of fused-ring (bicyclic) bond motifs is 1. The third-order valence-electron chi connectivity index (χ3n) is 5.19. The number of aromatic amines is 1. The largest absolute Gasteiger partial charge is 0.361 e. The Hall–Kier alpha value is -3.65. The molecule has 0 saturated heterocycles. The molecule has 4 N–H and O–H groups in total. The summed E-state index contributed by atoms with van der Waals surface area (Å²) in [5.74, 6) is -0.208. The third kappa shape index (κ3) is 4.65. The molecule has 0 aliphatic heterocycles. The van der Waals surface area contributed by atoms with Gasteiger partial charge in [-0.25, -0.2) is 9.78 Å². The van der Waals surface area contributed by atoms with Gasteiger partial charge in [-0.05, 0) is 63.1 Å². The van der Waals surface area contributed by atoms with Crippen molar-refractivity contribution in [2.24, 2.45) is 0 Å². The van der Waals surface area contributed by atoms with Crippen LogP contribution >= 0.6 is 11.3 Å². The van der Waals surface area contributed by atoms with Crippen LogP contribution < -0.4 is 16.0 Å². The average molecular weight is 448 g/mol. The molecule has 2 aromatic carbocycles. The first-order valence-corrected chi connectivity index (χ1v) is 11.1. The summed E-state index contributed by atoms with van der Waals surface area (Å²) in [5.41, 5.74) is 5.72. The number of benzene rings is 2. The van der Waals surface area contributed by atoms with E-state index < -0.39 is 0 Å². The first-order valence-electron chi connectivity index (χ1n) is 10.3. The first kappa shape index (κ1) is 21.6. The van der Waals surface area contributed by atoms with Gasteiger partial charge in [0.25, 0.3) is 5.91 Å². The Balaban J connectivity index is 1.39. The zero-order valence-electron chi connectivity index (χ0n) is 18.4. The highest BCUT2D eigenvalue weighted by Crippen LogP contribution is 2.25. The Kier molecular flexibility index (Phi) is 5.96. The number of nitrogens with one attached hydrogen (secondary N) is 4. The van der Waals surface area contributed by atoms with Gasteiger partial charge in [0.05, 0.1) is 12.2 Å². The smallest absolute Gasteiger partial charge is 0.319 e. The van der Waals surface area contributed by atoms with Crippen LogP contribution in [0.25, 0.3) is 10.9 Å². The summed E-state index contributed by atoms with van der Waals surface area (Å²) in [4.78, 5) is 33.1. The summed E-state index contributed by atoms with van der Waals surface area (Å²) >= 11 is 1.26. The van der Waals surface area contributed by atoms with Crippen LogP contribution in [-0.4, -0.2) is 21.9 Å². The highest BCUT2D eigenvalue weighted by atomic mass is 32.1. The molecule has 7 nitrogen and oxygen atoms in total. The standard InChI is InChI=1S/C24H25N5O2S/c1-13-9-14(2)21(15(3)10-13)29-22(30)20-12-26-23(32-20)16(4)27-24(31)28-18-5-6-19-17(11-18)7-8-25-19/h5-12,16,25H,1-4H3,(H,29,30)(H2,27,28,31). The molecule has 4 rings (SSSR count). The monoisotopic (exact) mass is 447 g/mol. The average Bonchev–Trinajstić information content (AvgIpc) is 3.39. The molecule has 0 aliphatic rings. The zero-order chi connectivity index (χ0) is 22.8. The number of rotatable bonds is 5. The molecule has 164 valence electrons. The van der Waals surface area contributed by atoms with Gasteiger partial charge >= 0.3 is 6.03 Å². The molecule has 0 bridgehead atoms. The lowest BCUT2D eigenvalue weighted by atomic mass is 10.1. The zero-order valence-corrected chi connectivity index (χ0v) is 19.2. The number of urea groups is 1. The van der Waals surface area contributed by atoms with Gasteiger partial charge in [-0.2, -0.15) is 0 Å². The summed E-state index contributed by atoms with van der Waals surface area (Å²) in [6, 6.07) is 11.0. The van der Waals surface area contributed by atoms with Gasteiger partial charge in [0.15, 0.2) is 0 Å². The summed E-state index contributed by atoms with van der Waals surface area (Å²) in [7, 11) is 0. The lowest BCUT2D eigenvalue weighted by molar-refractivity contribution is 0.103. The molecular weight excluding hydrogens is 422 g/mol. The minimum Gasteiger partial charge on any atom is -0.361 e. The van der Waals surface area contributed by atoms with Crippen molar-refractivity contribution in [2.45, 2.75) is 33.7 Å². The lowest BCUT2D eigenvalue weighted by Gasteiger charge is -2.13. The van der Waals surface area contributed by atoms with Crippen LogP contribution in [0.2, 0.25) is 0 Å². The molecule has 32 heavy (non-hydrogen) atoms. The van der Waals surface area contributed by atoms with Crippen LogP contribution in [0.15, 0.2) is 48.8 Å². The van der Waals surface area contributed by atoms with Gasteiger partial charge in [-0.3, -0.25) is 4.79 Å². The number of hydrogen-bond donors (Lipinski definition) is 4. The second-order valence-electron chi connectivity index (χ2n) is 7.89. The maximum atomic E-state index is 12.7. The van der Waals surface area contributed by atoms with E-state index in [1.807, 2.05) is 70.3 Å². The van der Waals surface area contributed by atoms with Gasteiger partial charge < -0.3 is 20.9 Å². The number of aryl methyl sites for hydroxylation is 3. The summed E-state index contributed by atoms with van der Waals surface area (Å²) in [6.45, 7) is 7.83. The number of carbonyl (C=O) groups is 2.